The number of rotatable bonds is 4. The second-order valence-electron chi connectivity index (χ2n) is 3.50. The molecule has 0 saturated carbocycles. The molecular formula is C10H13N3O2S. The number of imidazole rings is 1. The van der Waals surface area contributed by atoms with Crippen molar-refractivity contribution in [2.45, 2.75) is 18.6 Å². The summed E-state index contributed by atoms with van der Waals surface area (Å²) in [5, 5.41) is 23.7. The van der Waals surface area contributed by atoms with Gasteiger partial charge in [0, 0.05) is 6.20 Å². The minimum absolute atomic E-state index is 0.421. The van der Waals surface area contributed by atoms with Crippen molar-refractivity contribution in [3.8, 4) is 0 Å². The number of aliphatic hydroxyl groups excluding tert-OH is 2. The predicted octanol–water partition coefficient (Wildman–Crippen LogP) is 0.443. The van der Waals surface area contributed by atoms with Gasteiger partial charge in [0.2, 0.25) is 0 Å². The molecule has 0 saturated heterocycles. The van der Waals surface area contributed by atoms with E-state index in [9.17, 15) is 10.2 Å². The van der Waals surface area contributed by atoms with E-state index in [1.807, 2.05) is 0 Å². The van der Waals surface area contributed by atoms with Crippen LogP contribution >= 0.6 is 12.6 Å². The fourth-order valence-corrected chi connectivity index (χ4v) is 1.80. The van der Waals surface area contributed by atoms with Crippen molar-refractivity contribution >= 4 is 18.3 Å². The second-order valence-corrected chi connectivity index (χ2v) is 3.95. The molecule has 2 aromatic heterocycles. The van der Waals surface area contributed by atoms with Gasteiger partial charge in [-0.3, -0.25) is 0 Å². The number of aromatic nitrogens is 3. The number of fused-ring (bicyclic) bond motifs is 1. The van der Waals surface area contributed by atoms with Gasteiger partial charge in [0.25, 0.3) is 0 Å². The first kappa shape index (κ1) is 11.4. The molecule has 2 heterocycles. The lowest BCUT2D eigenvalue weighted by molar-refractivity contribution is 0.0136. The summed E-state index contributed by atoms with van der Waals surface area (Å²) < 4.78 is 1.52. The smallest absolute Gasteiger partial charge is 0.153 e. The van der Waals surface area contributed by atoms with Gasteiger partial charge >= 0.3 is 0 Å². The first-order valence-electron chi connectivity index (χ1n) is 4.99. The molecule has 0 aliphatic rings. The van der Waals surface area contributed by atoms with E-state index in [-0.39, 0.29) is 0 Å². The number of thiol groups is 1. The maximum absolute atomic E-state index is 9.92. The summed E-state index contributed by atoms with van der Waals surface area (Å²) in [6.45, 7) is 0. The molecule has 2 rings (SSSR count). The van der Waals surface area contributed by atoms with E-state index in [1.165, 1.54) is 10.7 Å². The monoisotopic (exact) mass is 239 g/mol. The van der Waals surface area contributed by atoms with Crippen molar-refractivity contribution in [1.82, 2.24) is 14.6 Å². The number of hydrogen-bond acceptors (Lipinski definition) is 5. The van der Waals surface area contributed by atoms with Crippen molar-refractivity contribution in [2.75, 3.05) is 5.75 Å². The Hall–Kier alpha value is -1.11. The molecule has 0 amide bonds. The number of hydrogen-bond donors (Lipinski definition) is 3. The van der Waals surface area contributed by atoms with Crippen molar-refractivity contribution in [3.63, 3.8) is 0 Å². The topological polar surface area (TPSA) is 70.7 Å². The van der Waals surface area contributed by atoms with E-state index in [0.29, 0.717) is 23.5 Å². The lowest BCUT2D eigenvalue weighted by Gasteiger charge is -2.15. The van der Waals surface area contributed by atoms with Gasteiger partial charge in [0.15, 0.2) is 5.65 Å². The molecule has 16 heavy (non-hydrogen) atoms. The summed E-state index contributed by atoms with van der Waals surface area (Å²) in [6.07, 6.45) is 1.71. The standard InChI is InChI=1S/C10H13N3O2S/c14-8(3-5-16)10(15)7-6-11-9-2-1-4-12-13(7)9/h1-2,4,6,8,10,14-16H,3,5H2. The third-order valence-corrected chi connectivity index (χ3v) is 2.65. The van der Waals surface area contributed by atoms with Gasteiger partial charge < -0.3 is 10.2 Å². The average Bonchev–Trinajstić information content (AvgIpc) is 2.72. The Kier molecular flexibility index (Phi) is 3.42. The molecule has 0 bridgehead atoms. The zero-order valence-electron chi connectivity index (χ0n) is 8.56. The molecule has 86 valence electrons. The van der Waals surface area contributed by atoms with Crippen LogP contribution in [0, 0.1) is 0 Å². The van der Waals surface area contributed by atoms with Crippen LogP contribution in [-0.4, -0.2) is 36.7 Å². The molecule has 2 aromatic rings. The van der Waals surface area contributed by atoms with Crippen LogP contribution in [0.5, 0.6) is 0 Å². The fraction of sp³-hybridized carbons (Fsp3) is 0.400. The third-order valence-electron chi connectivity index (χ3n) is 2.40. The Bertz CT molecular complexity index is 474. The molecule has 2 unspecified atom stereocenters. The minimum atomic E-state index is -0.989. The van der Waals surface area contributed by atoms with E-state index in [2.05, 4.69) is 22.7 Å². The minimum Gasteiger partial charge on any atom is -0.390 e. The molecule has 0 fully saturated rings. The van der Waals surface area contributed by atoms with Gasteiger partial charge in [-0.25, -0.2) is 9.50 Å². The van der Waals surface area contributed by atoms with E-state index in [0.717, 1.165) is 0 Å². The van der Waals surface area contributed by atoms with E-state index < -0.39 is 12.2 Å². The van der Waals surface area contributed by atoms with Crippen LogP contribution in [0.2, 0.25) is 0 Å². The van der Waals surface area contributed by atoms with Crippen LogP contribution < -0.4 is 0 Å². The Morgan fingerprint density at radius 2 is 2.25 bits per heavy atom. The lowest BCUT2D eigenvalue weighted by Crippen LogP contribution is -2.20. The predicted molar refractivity (Wildman–Crippen MR) is 62.4 cm³/mol. The summed E-state index contributed by atoms with van der Waals surface area (Å²) in [5.41, 5.74) is 1.14. The lowest BCUT2D eigenvalue weighted by atomic mass is 10.1. The van der Waals surface area contributed by atoms with Gasteiger partial charge in [-0.1, -0.05) is 0 Å². The Morgan fingerprint density at radius 3 is 3.00 bits per heavy atom. The summed E-state index contributed by atoms with van der Waals surface area (Å²) in [6, 6.07) is 3.55. The van der Waals surface area contributed by atoms with Gasteiger partial charge in [-0.2, -0.15) is 17.7 Å². The molecule has 0 aromatic carbocycles. The average molecular weight is 239 g/mol. The molecule has 0 spiro atoms. The van der Waals surface area contributed by atoms with E-state index in [4.69, 9.17) is 0 Å². The van der Waals surface area contributed by atoms with Crippen molar-refractivity contribution in [3.05, 3.63) is 30.2 Å². The van der Waals surface area contributed by atoms with Crippen LogP contribution in [0.25, 0.3) is 5.65 Å². The summed E-state index contributed by atoms with van der Waals surface area (Å²) in [7, 11) is 0. The Labute approximate surface area is 98.2 Å². The van der Waals surface area contributed by atoms with Gasteiger partial charge in [-0.05, 0) is 24.3 Å². The maximum atomic E-state index is 9.92. The quantitative estimate of drug-likeness (QED) is 0.677. The summed E-state index contributed by atoms with van der Waals surface area (Å²) in [4.78, 5) is 4.09. The molecule has 6 heteroatoms. The largest absolute Gasteiger partial charge is 0.390 e. The highest BCUT2D eigenvalue weighted by atomic mass is 32.1. The zero-order valence-corrected chi connectivity index (χ0v) is 9.46. The highest BCUT2D eigenvalue weighted by Crippen LogP contribution is 2.19. The van der Waals surface area contributed by atoms with Crippen LogP contribution in [0.15, 0.2) is 24.5 Å². The van der Waals surface area contributed by atoms with Gasteiger partial charge in [0.05, 0.1) is 18.0 Å². The Morgan fingerprint density at radius 1 is 1.44 bits per heavy atom. The summed E-state index contributed by atoms with van der Waals surface area (Å²) >= 11 is 4.02. The first-order chi connectivity index (χ1) is 7.74. The maximum Gasteiger partial charge on any atom is 0.153 e. The molecule has 2 N–H and O–H groups in total. The first-order valence-corrected chi connectivity index (χ1v) is 5.63. The number of nitrogens with zero attached hydrogens (tertiary/aromatic N) is 3. The van der Waals surface area contributed by atoms with Gasteiger partial charge in [-0.15, -0.1) is 0 Å². The van der Waals surface area contributed by atoms with Crippen molar-refractivity contribution < 1.29 is 10.2 Å². The van der Waals surface area contributed by atoms with E-state index >= 15 is 0 Å². The molecule has 0 aliphatic carbocycles. The SMILES string of the molecule is OC(CCS)C(O)c1cnc2cccnn12. The highest BCUT2D eigenvalue weighted by Gasteiger charge is 2.21. The molecular weight excluding hydrogens is 226 g/mol. The second kappa shape index (κ2) is 4.82. The third kappa shape index (κ3) is 2.04. The van der Waals surface area contributed by atoms with E-state index in [1.54, 1.807) is 18.3 Å². The van der Waals surface area contributed by atoms with Crippen molar-refractivity contribution in [1.29, 1.82) is 0 Å². The molecule has 0 radical (unpaired) electrons. The molecule has 2 atom stereocenters. The van der Waals surface area contributed by atoms with Crippen molar-refractivity contribution in [2.24, 2.45) is 0 Å². The fourth-order valence-electron chi connectivity index (χ4n) is 1.54. The molecule has 0 aliphatic heterocycles. The highest BCUT2D eigenvalue weighted by molar-refractivity contribution is 7.80. The molecule has 5 nitrogen and oxygen atoms in total. The van der Waals surface area contributed by atoms with Gasteiger partial charge in [0.1, 0.15) is 6.10 Å². The number of aliphatic hydroxyl groups is 2. The van der Waals surface area contributed by atoms with Crippen LogP contribution in [0.3, 0.4) is 0 Å². The zero-order chi connectivity index (χ0) is 11.5. The normalized spacial score (nSPS) is 15.2. The summed E-state index contributed by atoms with van der Waals surface area (Å²) in [5.74, 6) is 0.516. The Balaban J connectivity index is 2.32. The van der Waals surface area contributed by atoms with Crippen LogP contribution in [0.4, 0.5) is 0 Å². The van der Waals surface area contributed by atoms with Crippen LogP contribution in [0.1, 0.15) is 18.2 Å². The van der Waals surface area contributed by atoms with Crippen LogP contribution in [-0.2, 0) is 0 Å².